The molecule has 0 saturated carbocycles. The van der Waals surface area contributed by atoms with Gasteiger partial charge in [-0.05, 0) is 19.1 Å². The van der Waals surface area contributed by atoms with E-state index < -0.39 is 5.54 Å². The zero-order valence-electron chi connectivity index (χ0n) is 9.23. The lowest BCUT2D eigenvalue weighted by Crippen LogP contribution is -2.62. The van der Waals surface area contributed by atoms with E-state index in [9.17, 15) is 4.79 Å². The van der Waals surface area contributed by atoms with Crippen LogP contribution >= 0.6 is 0 Å². The summed E-state index contributed by atoms with van der Waals surface area (Å²) in [5.41, 5.74) is 0.205. The topological polar surface area (TPSA) is 47.6 Å². The fourth-order valence-electron chi connectivity index (χ4n) is 1.61. The predicted molar refractivity (Wildman–Crippen MR) is 60.2 cm³/mol. The first kappa shape index (κ1) is 11.0. The number of rotatable bonds is 4. The fraction of sp³-hybridized carbons (Fsp3) is 0.417. The zero-order valence-corrected chi connectivity index (χ0v) is 9.23. The molecule has 1 aliphatic heterocycles. The number of carbonyl (C=O) groups is 1. The van der Waals surface area contributed by atoms with Crippen LogP contribution in [0.15, 0.2) is 30.3 Å². The van der Waals surface area contributed by atoms with Gasteiger partial charge in [-0.25, -0.2) is 4.79 Å². The standard InChI is InChI=1S/C12H15NO3/c1-2-16-11(14)12(8-15-9-12)13-10-6-4-3-5-7-10/h3-7,13H,2,8-9H2,1H3. The van der Waals surface area contributed by atoms with E-state index in [4.69, 9.17) is 9.47 Å². The third kappa shape index (κ3) is 2.02. The second-order valence-electron chi connectivity index (χ2n) is 3.79. The van der Waals surface area contributed by atoms with Crippen molar-refractivity contribution in [2.75, 3.05) is 25.1 Å². The van der Waals surface area contributed by atoms with Crippen molar-refractivity contribution in [1.82, 2.24) is 0 Å². The summed E-state index contributed by atoms with van der Waals surface area (Å²) in [7, 11) is 0. The maximum absolute atomic E-state index is 11.8. The molecule has 1 saturated heterocycles. The molecule has 0 aliphatic carbocycles. The molecule has 4 nitrogen and oxygen atoms in total. The summed E-state index contributed by atoms with van der Waals surface area (Å²) in [6, 6.07) is 9.60. The molecule has 86 valence electrons. The van der Waals surface area contributed by atoms with Crippen LogP contribution in [-0.4, -0.2) is 31.3 Å². The second-order valence-corrected chi connectivity index (χ2v) is 3.79. The van der Waals surface area contributed by atoms with E-state index in [0.29, 0.717) is 19.8 Å². The molecule has 0 amide bonds. The highest BCUT2D eigenvalue weighted by atomic mass is 16.6. The van der Waals surface area contributed by atoms with Gasteiger partial charge in [0.25, 0.3) is 0 Å². The van der Waals surface area contributed by atoms with Gasteiger partial charge in [-0.15, -0.1) is 0 Å². The Kier molecular flexibility index (Phi) is 3.10. The molecule has 1 aromatic carbocycles. The number of esters is 1. The van der Waals surface area contributed by atoms with Gasteiger partial charge in [0.2, 0.25) is 0 Å². The average Bonchev–Trinajstić information content (AvgIpc) is 2.25. The summed E-state index contributed by atoms with van der Waals surface area (Å²) in [4.78, 5) is 11.8. The highest BCUT2D eigenvalue weighted by Gasteiger charge is 2.47. The van der Waals surface area contributed by atoms with Gasteiger partial charge in [-0.2, -0.15) is 0 Å². The third-order valence-corrected chi connectivity index (χ3v) is 2.52. The van der Waals surface area contributed by atoms with Crippen molar-refractivity contribution >= 4 is 11.7 Å². The van der Waals surface area contributed by atoms with Crippen molar-refractivity contribution in [3.63, 3.8) is 0 Å². The second kappa shape index (κ2) is 4.53. The van der Waals surface area contributed by atoms with E-state index in [1.165, 1.54) is 0 Å². The van der Waals surface area contributed by atoms with Gasteiger partial charge in [-0.3, -0.25) is 0 Å². The molecule has 0 radical (unpaired) electrons. The van der Waals surface area contributed by atoms with Gasteiger partial charge in [-0.1, -0.05) is 18.2 Å². The first-order valence-electron chi connectivity index (χ1n) is 5.35. The lowest BCUT2D eigenvalue weighted by atomic mass is 9.97. The molecule has 1 aromatic rings. The van der Waals surface area contributed by atoms with Crippen LogP contribution in [0.3, 0.4) is 0 Å². The van der Waals surface area contributed by atoms with Crippen LogP contribution in [0.1, 0.15) is 6.92 Å². The predicted octanol–water partition coefficient (Wildman–Crippen LogP) is 1.43. The minimum Gasteiger partial charge on any atom is -0.464 e. The monoisotopic (exact) mass is 221 g/mol. The molecule has 16 heavy (non-hydrogen) atoms. The lowest BCUT2D eigenvalue weighted by Gasteiger charge is -2.40. The average molecular weight is 221 g/mol. The molecule has 1 N–H and O–H groups in total. The van der Waals surface area contributed by atoms with Crippen LogP contribution < -0.4 is 5.32 Å². The molecular formula is C12H15NO3. The van der Waals surface area contributed by atoms with Gasteiger partial charge in [0, 0.05) is 5.69 Å². The largest absolute Gasteiger partial charge is 0.464 e. The molecule has 1 fully saturated rings. The zero-order chi connectivity index (χ0) is 11.4. The van der Waals surface area contributed by atoms with E-state index in [0.717, 1.165) is 5.69 Å². The van der Waals surface area contributed by atoms with Crippen molar-refractivity contribution in [1.29, 1.82) is 0 Å². The summed E-state index contributed by atoms with van der Waals surface area (Å²) in [6.45, 7) is 2.91. The Morgan fingerprint density at radius 1 is 1.44 bits per heavy atom. The molecule has 2 rings (SSSR count). The molecular weight excluding hydrogens is 206 g/mol. The molecule has 0 atom stereocenters. The Morgan fingerprint density at radius 3 is 2.62 bits per heavy atom. The molecule has 1 heterocycles. The molecule has 0 spiro atoms. The van der Waals surface area contributed by atoms with E-state index in [-0.39, 0.29) is 5.97 Å². The van der Waals surface area contributed by atoms with Crippen LogP contribution in [-0.2, 0) is 14.3 Å². The molecule has 0 aromatic heterocycles. The van der Waals surface area contributed by atoms with Crippen LogP contribution in [0.2, 0.25) is 0 Å². The van der Waals surface area contributed by atoms with E-state index >= 15 is 0 Å². The van der Waals surface area contributed by atoms with Gasteiger partial charge in [0.05, 0.1) is 19.8 Å². The summed E-state index contributed by atoms with van der Waals surface area (Å²) in [5, 5.41) is 3.18. The van der Waals surface area contributed by atoms with Gasteiger partial charge >= 0.3 is 5.97 Å². The molecule has 0 unspecified atom stereocenters. The van der Waals surface area contributed by atoms with Crippen molar-refractivity contribution in [2.45, 2.75) is 12.5 Å². The smallest absolute Gasteiger partial charge is 0.336 e. The SMILES string of the molecule is CCOC(=O)C1(Nc2ccccc2)COC1. The third-order valence-electron chi connectivity index (χ3n) is 2.52. The number of hydrogen-bond acceptors (Lipinski definition) is 4. The van der Waals surface area contributed by atoms with Crippen molar-refractivity contribution in [2.24, 2.45) is 0 Å². The number of benzene rings is 1. The number of hydrogen-bond donors (Lipinski definition) is 1. The molecule has 1 aliphatic rings. The fourth-order valence-corrected chi connectivity index (χ4v) is 1.61. The first-order valence-corrected chi connectivity index (χ1v) is 5.35. The number of carbonyl (C=O) groups excluding carboxylic acids is 1. The maximum Gasteiger partial charge on any atom is 0.336 e. The van der Waals surface area contributed by atoms with E-state index in [1.54, 1.807) is 6.92 Å². The normalized spacial score (nSPS) is 17.3. The Bertz CT molecular complexity index is 360. The number of nitrogens with one attached hydrogen (secondary N) is 1. The summed E-state index contributed by atoms with van der Waals surface area (Å²) >= 11 is 0. The Hall–Kier alpha value is -1.55. The minimum atomic E-state index is -0.697. The summed E-state index contributed by atoms with van der Waals surface area (Å²) in [6.07, 6.45) is 0. The number of para-hydroxylation sites is 1. The minimum absolute atomic E-state index is 0.245. The van der Waals surface area contributed by atoms with E-state index in [2.05, 4.69) is 5.32 Å². The quantitative estimate of drug-likeness (QED) is 0.781. The molecule has 0 bridgehead atoms. The lowest BCUT2D eigenvalue weighted by molar-refractivity contribution is -0.164. The summed E-state index contributed by atoms with van der Waals surface area (Å²) < 4.78 is 10.2. The van der Waals surface area contributed by atoms with Crippen LogP contribution in [0, 0.1) is 0 Å². The number of anilines is 1. The maximum atomic E-state index is 11.8. The van der Waals surface area contributed by atoms with E-state index in [1.807, 2.05) is 30.3 Å². The Morgan fingerprint density at radius 2 is 2.12 bits per heavy atom. The highest BCUT2D eigenvalue weighted by molar-refractivity contribution is 5.86. The van der Waals surface area contributed by atoms with Gasteiger partial charge < -0.3 is 14.8 Å². The van der Waals surface area contributed by atoms with Crippen LogP contribution in [0.25, 0.3) is 0 Å². The summed E-state index contributed by atoms with van der Waals surface area (Å²) in [5.74, 6) is -0.245. The van der Waals surface area contributed by atoms with Crippen LogP contribution in [0.5, 0.6) is 0 Å². The van der Waals surface area contributed by atoms with Crippen molar-refractivity contribution in [3.05, 3.63) is 30.3 Å². The van der Waals surface area contributed by atoms with Gasteiger partial charge in [0.1, 0.15) is 0 Å². The van der Waals surface area contributed by atoms with Gasteiger partial charge in [0.15, 0.2) is 5.54 Å². The van der Waals surface area contributed by atoms with Crippen molar-refractivity contribution in [3.8, 4) is 0 Å². The first-order chi connectivity index (χ1) is 7.77. The number of ether oxygens (including phenoxy) is 2. The highest BCUT2D eigenvalue weighted by Crippen LogP contribution is 2.24. The van der Waals surface area contributed by atoms with Crippen molar-refractivity contribution < 1.29 is 14.3 Å². The Balaban J connectivity index is 2.08. The Labute approximate surface area is 94.6 Å². The molecule has 4 heteroatoms. The van der Waals surface area contributed by atoms with Crippen LogP contribution in [0.4, 0.5) is 5.69 Å².